The molecule has 0 amide bonds. The second kappa shape index (κ2) is 6.11. The van der Waals surface area contributed by atoms with E-state index >= 15 is 0 Å². The Balaban J connectivity index is 1.63. The molecule has 0 aromatic heterocycles. The zero-order valence-corrected chi connectivity index (χ0v) is 12.6. The van der Waals surface area contributed by atoms with Crippen molar-refractivity contribution >= 4 is 0 Å². The van der Waals surface area contributed by atoms with Crippen molar-refractivity contribution in [3.63, 3.8) is 0 Å². The van der Waals surface area contributed by atoms with E-state index < -0.39 is 0 Å². The monoisotopic (exact) mass is 266 g/mol. The van der Waals surface area contributed by atoms with Crippen LogP contribution in [-0.4, -0.2) is 49.3 Å². The average Bonchev–Trinajstić information content (AvgIpc) is 3.12. The van der Waals surface area contributed by atoms with Crippen LogP contribution >= 0.6 is 0 Å². The summed E-state index contributed by atoms with van der Waals surface area (Å²) in [5.41, 5.74) is 0. The third kappa shape index (κ3) is 3.32. The zero-order valence-electron chi connectivity index (χ0n) is 12.6. The first-order valence-corrected chi connectivity index (χ1v) is 8.37. The van der Waals surface area contributed by atoms with Crippen molar-refractivity contribution in [3.05, 3.63) is 0 Å². The van der Waals surface area contributed by atoms with Gasteiger partial charge < -0.3 is 10.1 Å². The standard InChI is InChI=1S/C16H30N2O/c1-3-14-6-8-18(11-12(2)10-17-14)15-7-9-19-16(15)13-4-5-13/h12-17H,3-11H2,1-2H3. The molecule has 0 bridgehead atoms. The molecule has 3 fully saturated rings. The second-order valence-corrected chi connectivity index (χ2v) is 6.93. The Bertz CT molecular complexity index is 292. The molecule has 2 saturated heterocycles. The lowest BCUT2D eigenvalue weighted by molar-refractivity contribution is 0.0365. The van der Waals surface area contributed by atoms with Crippen molar-refractivity contribution in [2.45, 2.75) is 64.1 Å². The summed E-state index contributed by atoms with van der Waals surface area (Å²) in [4.78, 5) is 2.77. The van der Waals surface area contributed by atoms with Crippen molar-refractivity contribution in [2.24, 2.45) is 11.8 Å². The molecule has 4 unspecified atom stereocenters. The maximum atomic E-state index is 6.05. The van der Waals surface area contributed by atoms with Crippen molar-refractivity contribution < 1.29 is 4.74 Å². The summed E-state index contributed by atoms with van der Waals surface area (Å²) in [5.74, 6) is 1.64. The van der Waals surface area contributed by atoms with Crippen molar-refractivity contribution in [3.8, 4) is 0 Å². The Kier molecular flexibility index (Phi) is 4.45. The van der Waals surface area contributed by atoms with Crippen molar-refractivity contribution in [1.29, 1.82) is 0 Å². The Hall–Kier alpha value is -0.120. The molecule has 0 radical (unpaired) electrons. The molecule has 1 saturated carbocycles. The molecule has 19 heavy (non-hydrogen) atoms. The smallest absolute Gasteiger partial charge is 0.0759 e. The van der Waals surface area contributed by atoms with Gasteiger partial charge >= 0.3 is 0 Å². The van der Waals surface area contributed by atoms with Gasteiger partial charge in [0.2, 0.25) is 0 Å². The third-order valence-electron chi connectivity index (χ3n) is 5.22. The van der Waals surface area contributed by atoms with Crippen LogP contribution in [0, 0.1) is 11.8 Å². The maximum absolute atomic E-state index is 6.05. The van der Waals surface area contributed by atoms with Gasteiger partial charge in [-0.15, -0.1) is 0 Å². The summed E-state index contributed by atoms with van der Waals surface area (Å²) in [6, 6.07) is 1.43. The molecule has 0 aromatic carbocycles. The lowest BCUT2D eigenvalue weighted by atomic mass is 9.99. The van der Waals surface area contributed by atoms with Crippen LogP contribution < -0.4 is 5.32 Å². The topological polar surface area (TPSA) is 24.5 Å². The van der Waals surface area contributed by atoms with Crippen LogP contribution in [0.3, 0.4) is 0 Å². The Morgan fingerprint density at radius 3 is 2.79 bits per heavy atom. The lowest BCUT2D eigenvalue weighted by Crippen LogP contribution is -2.49. The number of rotatable bonds is 3. The van der Waals surface area contributed by atoms with E-state index in [0.29, 0.717) is 18.2 Å². The van der Waals surface area contributed by atoms with Crippen LogP contribution in [0.1, 0.15) is 46.0 Å². The fourth-order valence-corrected chi connectivity index (χ4v) is 3.86. The molecule has 1 aliphatic carbocycles. The van der Waals surface area contributed by atoms with Gasteiger partial charge in [0.05, 0.1) is 6.10 Å². The highest BCUT2D eigenvalue weighted by Crippen LogP contribution is 2.40. The highest BCUT2D eigenvalue weighted by molar-refractivity contribution is 4.95. The predicted octanol–water partition coefficient (Wildman–Crippen LogP) is 2.26. The third-order valence-corrected chi connectivity index (χ3v) is 5.22. The van der Waals surface area contributed by atoms with E-state index in [2.05, 4.69) is 24.1 Å². The van der Waals surface area contributed by atoms with E-state index in [0.717, 1.165) is 18.4 Å². The molecule has 4 atom stereocenters. The number of hydrogen-bond acceptors (Lipinski definition) is 3. The molecule has 3 aliphatic rings. The molecule has 3 rings (SSSR count). The van der Waals surface area contributed by atoms with Crippen LogP contribution in [-0.2, 0) is 4.74 Å². The fraction of sp³-hybridized carbons (Fsp3) is 1.00. The molecule has 0 aromatic rings. The minimum absolute atomic E-state index is 0.555. The quantitative estimate of drug-likeness (QED) is 0.848. The fourth-order valence-electron chi connectivity index (χ4n) is 3.86. The molecule has 110 valence electrons. The van der Waals surface area contributed by atoms with E-state index in [9.17, 15) is 0 Å². The van der Waals surface area contributed by atoms with Crippen molar-refractivity contribution in [1.82, 2.24) is 10.2 Å². The molecule has 3 nitrogen and oxygen atoms in total. The number of nitrogens with one attached hydrogen (secondary N) is 1. The van der Waals surface area contributed by atoms with Gasteiger partial charge in [-0.05, 0) is 50.5 Å². The molecule has 0 spiro atoms. The Labute approximate surface area is 118 Å². The first-order valence-electron chi connectivity index (χ1n) is 8.37. The summed E-state index contributed by atoms with van der Waals surface area (Å²) in [5, 5.41) is 3.72. The van der Waals surface area contributed by atoms with Gasteiger partial charge in [-0.1, -0.05) is 13.8 Å². The normalized spacial score (nSPS) is 42.0. The molecule has 3 heteroatoms. The average molecular weight is 266 g/mol. The number of hydrogen-bond donors (Lipinski definition) is 1. The van der Waals surface area contributed by atoms with Crippen LogP contribution in [0.4, 0.5) is 0 Å². The zero-order chi connectivity index (χ0) is 13.2. The van der Waals surface area contributed by atoms with Crippen molar-refractivity contribution in [2.75, 3.05) is 26.2 Å². The highest BCUT2D eigenvalue weighted by Gasteiger charge is 2.43. The summed E-state index contributed by atoms with van der Waals surface area (Å²) in [7, 11) is 0. The Morgan fingerprint density at radius 2 is 2.05 bits per heavy atom. The van der Waals surface area contributed by atoms with E-state index in [1.165, 1.54) is 51.7 Å². The first kappa shape index (κ1) is 13.8. The van der Waals surface area contributed by atoms with E-state index in [4.69, 9.17) is 4.74 Å². The maximum Gasteiger partial charge on any atom is 0.0759 e. The SMILES string of the molecule is CCC1CCN(C2CCOC2C2CC2)CC(C)CN1. The number of nitrogens with zero attached hydrogens (tertiary/aromatic N) is 1. The highest BCUT2D eigenvalue weighted by atomic mass is 16.5. The molecular formula is C16H30N2O. The van der Waals surface area contributed by atoms with Gasteiger partial charge in [-0.2, -0.15) is 0 Å². The van der Waals surface area contributed by atoms with Gasteiger partial charge in [0.15, 0.2) is 0 Å². The van der Waals surface area contributed by atoms with Crippen LogP contribution in [0.5, 0.6) is 0 Å². The van der Waals surface area contributed by atoms with Crippen LogP contribution in [0.25, 0.3) is 0 Å². The van der Waals surface area contributed by atoms with Crippen LogP contribution in [0.2, 0.25) is 0 Å². The minimum Gasteiger partial charge on any atom is -0.376 e. The van der Waals surface area contributed by atoms with Gasteiger partial charge in [0.1, 0.15) is 0 Å². The largest absolute Gasteiger partial charge is 0.376 e. The van der Waals surface area contributed by atoms with Gasteiger partial charge in [-0.25, -0.2) is 0 Å². The van der Waals surface area contributed by atoms with E-state index in [1.807, 2.05) is 0 Å². The number of ether oxygens (including phenoxy) is 1. The molecule has 1 N–H and O–H groups in total. The summed E-state index contributed by atoms with van der Waals surface area (Å²) in [6.07, 6.45) is 7.19. The minimum atomic E-state index is 0.555. The lowest BCUT2D eigenvalue weighted by Gasteiger charge is -2.37. The molecule has 2 heterocycles. The van der Waals surface area contributed by atoms with E-state index in [-0.39, 0.29) is 0 Å². The van der Waals surface area contributed by atoms with Gasteiger partial charge in [0.25, 0.3) is 0 Å². The van der Waals surface area contributed by atoms with Gasteiger partial charge in [0, 0.05) is 31.8 Å². The van der Waals surface area contributed by atoms with E-state index in [1.54, 1.807) is 0 Å². The predicted molar refractivity (Wildman–Crippen MR) is 78.3 cm³/mol. The van der Waals surface area contributed by atoms with Gasteiger partial charge in [-0.3, -0.25) is 4.90 Å². The molecule has 2 aliphatic heterocycles. The summed E-state index contributed by atoms with van der Waals surface area (Å²) in [6.45, 7) is 9.37. The molecular weight excluding hydrogens is 236 g/mol. The summed E-state index contributed by atoms with van der Waals surface area (Å²) >= 11 is 0. The van der Waals surface area contributed by atoms with Crippen LogP contribution in [0.15, 0.2) is 0 Å². The first-order chi connectivity index (χ1) is 9.28. The Morgan fingerprint density at radius 1 is 1.21 bits per heavy atom. The summed E-state index contributed by atoms with van der Waals surface area (Å²) < 4.78 is 6.05. The second-order valence-electron chi connectivity index (χ2n) is 6.93.